The van der Waals surface area contributed by atoms with Gasteiger partial charge >= 0.3 is 0 Å². The molecule has 0 spiro atoms. The van der Waals surface area contributed by atoms with Crippen LogP contribution in [0.2, 0.25) is 0 Å². The highest BCUT2D eigenvalue weighted by Crippen LogP contribution is 2.15. The van der Waals surface area contributed by atoms with E-state index in [0.29, 0.717) is 11.9 Å². The molecule has 5 nitrogen and oxygen atoms in total. The number of hydrogen-bond acceptors (Lipinski definition) is 4. The first-order valence-corrected chi connectivity index (χ1v) is 4.06. The van der Waals surface area contributed by atoms with E-state index in [2.05, 4.69) is 40.2 Å². The molecule has 5 heteroatoms. The molecule has 0 aromatic carbocycles. The maximum absolute atomic E-state index is 3.95. The lowest BCUT2D eigenvalue weighted by Gasteiger charge is -2.02. The average molecular weight is 175 g/mol. The second-order valence-corrected chi connectivity index (χ2v) is 3.09. The third-order valence-electron chi connectivity index (χ3n) is 1.81. The van der Waals surface area contributed by atoms with Gasteiger partial charge in [-0.1, -0.05) is 18.9 Å². The van der Waals surface area contributed by atoms with E-state index < -0.39 is 0 Å². The zero-order valence-corrected chi connectivity index (χ0v) is 7.47. The topological polar surface area (TPSA) is 56.0 Å². The summed E-state index contributed by atoms with van der Waals surface area (Å²) >= 11 is 0. The molecule has 0 saturated carbocycles. The molecule has 0 amide bonds. The van der Waals surface area contributed by atoms with E-state index in [0.717, 1.165) is 5.57 Å². The Labute approximate surface area is 75.5 Å². The van der Waals surface area contributed by atoms with Crippen molar-refractivity contribution in [2.24, 2.45) is 10.9 Å². The molecule has 13 heavy (non-hydrogen) atoms. The fourth-order valence-electron chi connectivity index (χ4n) is 1.00. The minimum atomic E-state index is 0.415. The zero-order valence-electron chi connectivity index (χ0n) is 7.47. The Kier molecular flexibility index (Phi) is 1.79. The molecule has 66 valence electrons. The third-order valence-corrected chi connectivity index (χ3v) is 1.81. The van der Waals surface area contributed by atoms with Gasteiger partial charge in [-0.25, -0.2) is 0 Å². The lowest BCUT2D eigenvalue weighted by Crippen LogP contribution is -1.95. The Morgan fingerprint density at radius 3 is 3.08 bits per heavy atom. The molecule has 0 bridgehead atoms. The molecule has 2 rings (SSSR count). The molecule has 0 saturated heterocycles. The summed E-state index contributed by atoms with van der Waals surface area (Å²) in [5.74, 6) is 3.67. The van der Waals surface area contributed by atoms with Gasteiger partial charge in [-0.05, 0) is 27.8 Å². The predicted octanol–water partition coefficient (Wildman–Crippen LogP) is 1.04. The average Bonchev–Trinajstić information content (AvgIpc) is 2.42. The Balaban J connectivity index is 2.52. The third kappa shape index (κ3) is 1.41. The highest BCUT2D eigenvalue weighted by Gasteiger charge is 2.06. The number of aliphatic imine (C=N–C) groups is 1. The Morgan fingerprint density at radius 2 is 2.31 bits per heavy atom. The summed E-state index contributed by atoms with van der Waals surface area (Å²) in [6, 6.07) is 0. The van der Waals surface area contributed by atoms with Crippen LogP contribution in [-0.4, -0.2) is 26.1 Å². The van der Waals surface area contributed by atoms with Crippen LogP contribution >= 0.6 is 0 Å². The Hall–Kier alpha value is -1.74. The van der Waals surface area contributed by atoms with Crippen molar-refractivity contribution in [3.05, 3.63) is 11.6 Å². The van der Waals surface area contributed by atoms with Gasteiger partial charge in [-0.15, -0.1) is 0 Å². The SMILES string of the molecule is CC(C)C1=Cn2nnnc2N=C=C1. The number of fused-ring (bicyclic) bond motifs is 1. The summed E-state index contributed by atoms with van der Waals surface area (Å²) in [6.07, 6.45) is 3.70. The largest absolute Gasteiger partial charge is 0.281 e. The summed E-state index contributed by atoms with van der Waals surface area (Å²) in [4.78, 5) is 3.95. The van der Waals surface area contributed by atoms with Gasteiger partial charge in [0.25, 0.3) is 5.95 Å². The van der Waals surface area contributed by atoms with Crippen LogP contribution < -0.4 is 0 Å². The van der Waals surface area contributed by atoms with Gasteiger partial charge in [0.05, 0.1) is 0 Å². The fraction of sp³-hybridized carbons (Fsp3) is 0.375. The lowest BCUT2D eigenvalue weighted by atomic mass is 10.1. The molecular formula is C8H9N5. The number of hydrogen-bond donors (Lipinski definition) is 0. The van der Waals surface area contributed by atoms with E-state index in [1.54, 1.807) is 4.68 Å². The molecule has 1 aromatic rings. The van der Waals surface area contributed by atoms with E-state index in [1.165, 1.54) is 0 Å². The molecular weight excluding hydrogens is 166 g/mol. The van der Waals surface area contributed by atoms with Crippen LogP contribution in [0.15, 0.2) is 16.6 Å². The Morgan fingerprint density at radius 1 is 1.46 bits per heavy atom. The van der Waals surface area contributed by atoms with E-state index in [9.17, 15) is 0 Å². The summed E-state index contributed by atoms with van der Waals surface area (Å²) in [6.45, 7) is 4.19. The number of nitrogens with zero attached hydrogens (tertiary/aromatic N) is 5. The maximum Gasteiger partial charge on any atom is 0.281 e. The van der Waals surface area contributed by atoms with Gasteiger partial charge < -0.3 is 0 Å². The quantitative estimate of drug-likeness (QED) is 0.640. The van der Waals surface area contributed by atoms with Crippen LogP contribution in [0.1, 0.15) is 13.8 Å². The maximum atomic E-state index is 3.95. The van der Waals surface area contributed by atoms with E-state index in [4.69, 9.17) is 0 Å². The molecule has 0 radical (unpaired) electrons. The van der Waals surface area contributed by atoms with Gasteiger partial charge in [-0.3, -0.25) is 0 Å². The van der Waals surface area contributed by atoms with Crippen LogP contribution in [0.4, 0.5) is 5.95 Å². The number of tetrazole rings is 1. The van der Waals surface area contributed by atoms with Crippen molar-refractivity contribution in [2.75, 3.05) is 0 Å². The highest BCUT2D eigenvalue weighted by atomic mass is 15.6. The van der Waals surface area contributed by atoms with Crippen LogP contribution in [-0.2, 0) is 0 Å². The van der Waals surface area contributed by atoms with Crippen molar-refractivity contribution in [1.29, 1.82) is 0 Å². The summed E-state index contributed by atoms with van der Waals surface area (Å²) in [5.41, 5.74) is 1.11. The van der Waals surface area contributed by atoms with Crippen LogP contribution in [0.25, 0.3) is 6.20 Å². The van der Waals surface area contributed by atoms with Crippen LogP contribution in [0, 0.1) is 5.92 Å². The summed E-state index contributed by atoms with van der Waals surface area (Å²) in [5, 5.41) is 11.0. The molecule has 0 fully saturated rings. The van der Waals surface area contributed by atoms with E-state index in [1.807, 2.05) is 12.3 Å². The second-order valence-electron chi connectivity index (χ2n) is 3.09. The minimum Gasteiger partial charge on any atom is -0.184 e. The van der Waals surface area contributed by atoms with Crippen molar-refractivity contribution in [3.8, 4) is 0 Å². The van der Waals surface area contributed by atoms with Crippen molar-refractivity contribution >= 4 is 18.0 Å². The molecule has 0 atom stereocenters. The Bertz CT molecular complexity index is 406. The van der Waals surface area contributed by atoms with Gasteiger partial charge in [0.1, 0.15) is 0 Å². The van der Waals surface area contributed by atoms with Gasteiger partial charge in [-0.2, -0.15) is 9.67 Å². The van der Waals surface area contributed by atoms with E-state index >= 15 is 0 Å². The van der Waals surface area contributed by atoms with Crippen molar-refractivity contribution in [2.45, 2.75) is 13.8 Å². The van der Waals surface area contributed by atoms with Gasteiger partial charge in [0.2, 0.25) is 0 Å². The monoisotopic (exact) mass is 175 g/mol. The smallest absolute Gasteiger partial charge is 0.184 e. The minimum absolute atomic E-state index is 0.415. The fourth-order valence-corrected chi connectivity index (χ4v) is 1.00. The first-order valence-electron chi connectivity index (χ1n) is 4.06. The van der Waals surface area contributed by atoms with Crippen LogP contribution in [0.3, 0.4) is 0 Å². The van der Waals surface area contributed by atoms with Crippen molar-refractivity contribution in [1.82, 2.24) is 20.2 Å². The van der Waals surface area contributed by atoms with Crippen LogP contribution in [0.5, 0.6) is 0 Å². The molecule has 1 aliphatic rings. The van der Waals surface area contributed by atoms with E-state index in [-0.39, 0.29) is 0 Å². The first-order chi connectivity index (χ1) is 6.27. The van der Waals surface area contributed by atoms with Crippen molar-refractivity contribution < 1.29 is 0 Å². The van der Waals surface area contributed by atoms with Crippen molar-refractivity contribution in [3.63, 3.8) is 0 Å². The standard InChI is InChI=1S/C8H9N5/c1-6(2)7-3-4-9-8-10-11-12-13(8)5-7/h3,5-6H,1-2H3. The second kappa shape index (κ2) is 2.95. The predicted molar refractivity (Wildman–Crippen MR) is 48.6 cm³/mol. The first kappa shape index (κ1) is 7.89. The normalized spacial score (nSPS) is 14.2. The lowest BCUT2D eigenvalue weighted by molar-refractivity contribution is 0.773. The zero-order chi connectivity index (χ0) is 9.26. The molecule has 0 N–H and O–H groups in total. The number of aromatic nitrogens is 4. The highest BCUT2D eigenvalue weighted by molar-refractivity contribution is 5.65. The van der Waals surface area contributed by atoms with Gasteiger partial charge in [0.15, 0.2) is 0 Å². The molecule has 0 unspecified atom stereocenters. The summed E-state index contributed by atoms with van der Waals surface area (Å²) in [7, 11) is 0. The molecule has 2 heterocycles. The molecule has 1 aliphatic heterocycles. The molecule has 0 aliphatic carbocycles. The number of rotatable bonds is 1. The summed E-state index contributed by atoms with van der Waals surface area (Å²) < 4.78 is 1.55. The molecule has 1 aromatic heterocycles. The number of allylic oxidation sites excluding steroid dienone is 2. The van der Waals surface area contributed by atoms with Gasteiger partial charge in [0, 0.05) is 12.3 Å².